The number of hydrogen-bond acceptors (Lipinski definition) is 10. The van der Waals surface area contributed by atoms with Gasteiger partial charge in [0.05, 0.1) is 29.8 Å². The van der Waals surface area contributed by atoms with Gasteiger partial charge in [-0.1, -0.05) is 18.2 Å². The summed E-state index contributed by atoms with van der Waals surface area (Å²) in [4.78, 5) is 94.7. The van der Waals surface area contributed by atoms with Gasteiger partial charge in [-0.05, 0) is 44.7 Å². The number of para-hydroxylation sites is 1. The maximum Gasteiger partial charge on any atom is 0.243 e. The number of nitrogens with zero attached hydrogens (tertiary/aromatic N) is 1. The molecule has 1 aliphatic rings. The lowest BCUT2D eigenvalue weighted by molar-refractivity contribution is -0.132. The van der Waals surface area contributed by atoms with Crippen LogP contribution in [-0.4, -0.2) is 101 Å². The van der Waals surface area contributed by atoms with Crippen molar-refractivity contribution in [3.8, 4) is 0 Å². The highest BCUT2D eigenvalue weighted by molar-refractivity contribution is 8.00. The van der Waals surface area contributed by atoms with Crippen LogP contribution in [-0.2, 0) is 40.0 Å². The molecule has 0 bridgehead atoms. The summed E-state index contributed by atoms with van der Waals surface area (Å²) in [6.07, 6.45) is 2.37. The van der Waals surface area contributed by atoms with Crippen molar-refractivity contribution in [1.29, 1.82) is 0 Å². The summed E-state index contributed by atoms with van der Waals surface area (Å²) in [6, 6.07) is 4.29. The SMILES string of the molecule is CC1(C)C(=O)CC(SC[C@H](NC(=O)CNC(=O)[C@H](CCCN=C(N)N)NC(=O)CNC(=O)[C@@H](N)Cc2c[nH]c3ccccc23)C(N)=O)C1=O. The number of carbonyl (C=O) groups excluding carboxylic acids is 7. The molecule has 266 valence electrons. The lowest BCUT2D eigenvalue weighted by atomic mass is 9.90. The molecule has 1 aromatic carbocycles. The molecular weight excluding hydrogens is 656 g/mol. The van der Waals surface area contributed by atoms with Gasteiger partial charge in [0.1, 0.15) is 17.9 Å². The molecule has 0 aliphatic heterocycles. The largest absolute Gasteiger partial charge is 0.370 e. The Morgan fingerprint density at radius 1 is 0.980 bits per heavy atom. The lowest BCUT2D eigenvalue weighted by Crippen LogP contribution is -2.53. The molecule has 2 aromatic rings. The summed E-state index contributed by atoms with van der Waals surface area (Å²) in [7, 11) is 0. The second-order valence-electron chi connectivity index (χ2n) is 12.1. The Bertz CT molecular complexity index is 1600. The molecule has 0 radical (unpaired) electrons. The summed E-state index contributed by atoms with van der Waals surface area (Å²) in [5, 5.41) is 10.1. The van der Waals surface area contributed by atoms with E-state index >= 15 is 0 Å². The molecule has 13 N–H and O–H groups in total. The van der Waals surface area contributed by atoms with Gasteiger partial charge in [-0.3, -0.25) is 38.6 Å². The van der Waals surface area contributed by atoms with Crippen LogP contribution in [0.1, 0.15) is 38.7 Å². The summed E-state index contributed by atoms with van der Waals surface area (Å²) in [6.45, 7) is 2.21. The minimum Gasteiger partial charge on any atom is -0.370 e. The monoisotopic (exact) mass is 700 g/mol. The molecule has 1 saturated carbocycles. The van der Waals surface area contributed by atoms with Crippen LogP contribution in [0.3, 0.4) is 0 Å². The zero-order chi connectivity index (χ0) is 36.3. The number of aliphatic imine (C=N–C) groups is 1. The molecule has 3 rings (SSSR count). The Morgan fingerprint density at radius 2 is 1.61 bits per heavy atom. The van der Waals surface area contributed by atoms with E-state index in [0.717, 1.165) is 28.2 Å². The third-order valence-corrected chi connectivity index (χ3v) is 9.32. The highest BCUT2D eigenvalue weighted by atomic mass is 32.2. The van der Waals surface area contributed by atoms with E-state index in [2.05, 4.69) is 31.2 Å². The molecule has 1 unspecified atom stereocenters. The number of ketones is 2. The fourth-order valence-electron chi connectivity index (χ4n) is 5.08. The topological polar surface area (TPSA) is 300 Å². The highest BCUT2D eigenvalue weighted by Crippen LogP contribution is 2.36. The Morgan fingerprint density at radius 3 is 2.22 bits per heavy atom. The van der Waals surface area contributed by atoms with Gasteiger partial charge >= 0.3 is 0 Å². The quantitative estimate of drug-likeness (QED) is 0.0337. The van der Waals surface area contributed by atoms with Gasteiger partial charge in [-0.2, -0.15) is 0 Å². The van der Waals surface area contributed by atoms with Crippen LogP contribution in [0.15, 0.2) is 35.5 Å². The van der Waals surface area contributed by atoms with Crippen molar-refractivity contribution >= 4 is 69.7 Å². The van der Waals surface area contributed by atoms with Crippen molar-refractivity contribution in [3.63, 3.8) is 0 Å². The van der Waals surface area contributed by atoms with Gasteiger partial charge in [0.2, 0.25) is 29.5 Å². The van der Waals surface area contributed by atoms with Crippen molar-refractivity contribution in [2.24, 2.45) is 33.3 Å². The predicted octanol–water partition coefficient (Wildman–Crippen LogP) is -2.55. The van der Waals surface area contributed by atoms with E-state index in [-0.39, 0.29) is 55.5 Å². The second kappa shape index (κ2) is 17.4. The van der Waals surface area contributed by atoms with E-state index in [4.69, 9.17) is 22.9 Å². The Hall–Kier alpha value is -4.97. The van der Waals surface area contributed by atoms with E-state index in [1.165, 1.54) is 0 Å². The number of hydrogen-bond donors (Lipinski definition) is 9. The highest BCUT2D eigenvalue weighted by Gasteiger charge is 2.48. The van der Waals surface area contributed by atoms with Crippen LogP contribution in [0.4, 0.5) is 0 Å². The number of amides is 5. The third-order valence-electron chi connectivity index (χ3n) is 8.01. The Labute approximate surface area is 286 Å². The first-order chi connectivity index (χ1) is 23.1. The third kappa shape index (κ3) is 11.0. The van der Waals surface area contributed by atoms with Crippen molar-refractivity contribution in [2.75, 3.05) is 25.4 Å². The maximum absolute atomic E-state index is 13.0. The number of rotatable bonds is 18. The number of aromatic amines is 1. The molecule has 17 nitrogen and oxygen atoms in total. The number of fused-ring (bicyclic) bond motifs is 1. The number of primary amides is 1. The smallest absolute Gasteiger partial charge is 0.243 e. The minimum absolute atomic E-state index is 0.0176. The summed E-state index contributed by atoms with van der Waals surface area (Å²) in [5.74, 6) is -4.27. The van der Waals surface area contributed by atoms with E-state index in [0.29, 0.717) is 0 Å². The van der Waals surface area contributed by atoms with Gasteiger partial charge < -0.3 is 49.2 Å². The van der Waals surface area contributed by atoms with Gasteiger partial charge in [0, 0.05) is 35.8 Å². The molecule has 4 atom stereocenters. The first kappa shape index (κ1) is 38.5. The number of H-pyrrole nitrogens is 1. The summed E-state index contributed by atoms with van der Waals surface area (Å²) in [5.41, 5.74) is 22.9. The maximum atomic E-state index is 13.0. The molecule has 18 heteroatoms. The van der Waals surface area contributed by atoms with Gasteiger partial charge in [-0.25, -0.2) is 0 Å². The zero-order valence-corrected chi connectivity index (χ0v) is 28.2. The zero-order valence-electron chi connectivity index (χ0n) is 27.4. The van der Waals surface area contributed by atoms with Crippen molar-refractivity contribution < 1.29 is 33.6 Å². The molecule has 1 fully saturated rings. The number of aromatic nitrogens is 1. The minimum atomic E-state index is -1.18. The molecule has 1 heterocycles. The normalized spacial score (nSPS) is 17.1. The van der Waals surface area contributed by atoms with E-state index in [9.17, 15) is 33.6 Å². The number of nitrogens with two attached hydrogens (primary N) is 4. The molecular formula is C31H44N10O7S. The Kier molecular flexibility index (Phi) is 13.7. The standard InChI is InChI=1S/C31H44N10O7S/c1-31(2)23(42)11-22(26(31)45)49-15-21(27(33)46)41-25(44)14-39-29(48)20(8-5-9-36-30(34)35)40-24(43)13-38-28(47)18(32)10-16-12-37-19-7-4-3-6-17(16)19/h3-4,6-7,12,18,20-22,37H,5,8-11,13-15,32H2,1-2H3,(H2,33,46)(H,38,47)(H,39,48)(H,40,43)(H,41,44)(H4,34,35,36)/t18-,20-,21-,22?/m0/s1. The molecule has 5 amide bonds. The number of nitrogens with one attached hydrogen (secondary N) is 5. The van der Waals surface area contributed by atoms with E-state index in [1.807, 2.05) is 24.3 Å². The van der Waals surface area contributed by atoms with Gasteiger partial charge in [0.25, 0.3) is 0 Å². The fourth-order valence-corrected chi connectivity index (χ4v) is 6.47. The number of carbonyl (C=O) groups is 7. The molecule has 1 aliphatic carbocycles. The van der Waals surface area contributed by atoms with Crippen LogP contribution in [0, 0.1) is 5.41 Å². The van der Waals surface area contributed by atoms with Gasteiger partial charge in [0.15, 0.2) is 11.7 Å². The average Bonchev–Trinajstić information content (AvgIpc) is 3.54. The number of guanidine groups is 1. The molecule has 0 spiro atoms. The van der Waals surface area contributed by atoms with E-state index < -0.39 is 71.4 Å². The van der Waals surface area contributed by atoms with Gasteiger partial charge in [-0.15, -0.1) is 11.8 Å². The van der Waals surface area contributed by atoms with E-state index in [1.54, 1.807) is 20.0 Å². The van der Waals surface area contributed by atoms with Crippen LogP contribution < -0.4 is 44.2 Å². The molecule has 49 heavy (non-hydrogen) atoms. The first-order valence-corrected chi connectivity index (χ1v) is 16.6. The van der Waals surface area contributed by atoms with Crippen LogP contribution in [0.2, 0.25) is 0 Å². The molecule has 0 saturated heterocycles. The first-order valence-electron chi connectivity index (χ1n) is 15.6. The van der Waals surface area contributed by atoms with Crippen molar-refractivity contribution in [2.45, 2.75) is 62.9 Å². The van der Waals surface area contributed by atoms with Crippen LogP contribution in [0.25, 0.3) is 10.9 Å². The number of thioether (sulfide) groups is 1. The number of benzene rings is 1. The van der Waals surface area contributed by atoms with Crippen LogP contribution in [0.5, 0.6) is 0 Å². The Balaban J connectivity index is 1.51. The fraction of sp³-hybridized carbons (Fsp3) is 0.484. The van der Waals surface area contributed by atoms with Crippen molar-refractivity contribution in [3.05, 3.63) is 36.0 Å². The average molecular weight is 701 g/mol. The molecule has 1 aromatic heterocycles. The summed E-state index contributed by atoms with van der Waals surface area (Å²) >= 11 is 1.05. The lowest BCUT2D eigenvalue weighted by Gasteiger charge is -2.20. The predicted molar refractivity (Wildman–Crippen MR) is 184 cm³/mol. The summed E-state index contributed by atoms with van der Waals surface area (Å²) < 4.78 is 0. The van der Waals surface area contributed by atoms with Crippen LogP contribution >= 0.6 is 11.8 Å². The number of Topliss-reactive ketones (excluding diaryl/α,β-unsaturated/α-hetero) is 2. The second-order valence-corrected chi connectivity index (χ2v) is 13.4. The van der Waals surface area contributed by atoms with Crippen molar-refractivity contribution in [1.82, 2.24) is 26.3 Å².